The second-order valence-corrected chi connectivity index (χ2v) is 4.12. The first-order valence-corrected chi connectivity index (χ1v) is 6.33. The van der Waals surface area contributed by atoms with Crippen LogP contribution in [-0.2, 0) is 14.3 Å². The number of anilines is 1. The summed E-state index contributed by atoms with van der Waals surface area (Å²) in [4.78, 5) is 22.9. The van der Waals surface area contributed by atoms with Gasteiger partial charge in [-0.15, -0.1) is 0 Å². The molecule has 0 spiro atoms. The average Bonchev–Trinajstić information content (AvgIpc) is 2.43. The van der Waals surface area contributed by atoms with Gasteiger partial charge in [0.05, 0.1) is 18.0 Å². The normalized spacial score (nSPS) is 12.4. The minimum atomic E-state index is -0.885. The van der Waals surface area contributed by atoms with Gasteiger partial charge in [0.2, 0.25) is 5.91 Å². The molecule has 20 heavy (non-hydrogen) atoms. The van der Waals surface area contributed by atoms with Gasteiger partial charge in [-0.25, -0.2) is 4.79 Å². The number of nitrogens with zero attached hydrogens (tertiary/aromatic N) is 1. The van der Waals surface area contributed by atoms with Gasteiger partial charge in [-0.05, 0) is 26.0 Å². The van der Waals surface area contributed by atoms with Crippen LogP contribution in [0.5, 0.6) is 0 Å². The number of ether oxygens (including phenoxy) is 1. The zero-order valence-corrected chi connectivity index (χ0v) is 11.8. The molecule has 1 aromatic carbocycles. The zero-order valence-electron chi connectivity index (χ0n) is 11.8. The molecule has 6 heteroatoms. The quantitative estimate of drug-likeness (QED) is 0.469. The number of benzene rings is 1. The first-order chi connectivity index (χ1) is 9.54. The molecule has 0 aliphatic heterocycles. The summed E-state index contributed by atoms with van der Waals surface area (Å²) in [6.07, 6.45) is 0. The molecular weight excluding hydrogens is 258 g/mol. The smallest absolute Gasteiger partial charge is 0.334 e. The van der Waals surface area contributed by atoms with Gasteiger partial charge in [0.1, 0.15) is 0 Å². The van der Waals surface area contributed by atoms with Crippen LogP contribution in [-0.4, -0.2) is 30.2 Å². The number of hydrogen-bond donors (Lipinski definition) is 2. The number of nitrogens with one attached hydrogen (secondary N) is 2. The SMILES string of the molecule is CCOC(=O)C(NC(C)=O)C(C)=NNc1ccccc1. The maximum absolute atomic E-state index is 11.8. The van der Waals surface area contributed by atoms with E-state index in [2.05, 4.69) is 15.8 Å². The van der Waals surface area contributed by atoms with Crippen molar-refractivity contribution in [1.29, 1.82) is 0 Å². The Morgan fingerprint density at radius 2 is 1.90 bits per heavy atom. The van der Waals surface area contributed by atoms with E-state index in [-0.39, 0.29) is 12.5 Å². The minimum absolute atomic E-state index is 0.244. The summed E-state index contributed by atoms with van der Waals surface area (Å²) in [7, 11) is 0. The van der Waals surface area contributed by atoms with Crippen molar-refractivity contribution in [3.05, 3.63) is 30.3 Å². The van der Waals surface area contributed by atoms with Crippen LogP contribution < -0.4 is 10.7 Å². The Morgan fingerprint density at radius 3 is 2.45 bits per heavy atom. The molecule has 0 saturated carbocycles. The lowest BCUT2D eigenvalue weighted by molar-refractivity contribution is -0.145. The van der Waals surface area contributed by atoms with E-state index in [0.717, 1.165) is 5.69 Å². The van der Waals surface area contributed by atoms with Crippen molar-refractivity contribution in [2.24, 2.45) is 5.10 Å². The van der Waals surface area contributed by atoms with Gasteiger partial charge in [0.15, 0.2) is 6.04 Å². The Labute approximate surface area is 118 Å². The van der Waals surface area contributed by atoms with Crippen LogP contribution in [0.2, 0.25) is 0 Å². The summed E-state index contributed by atoms with van der Waals surface area (Å²) >= 11 is 0. The zero-order chi connectivity index (χ0) is 15.0. The molecule has 0 aliphatic carbocycles. The molecule has 108 valence electrons. The summed E-state index contributed by atoms with van der Waals surface area (Å²) in [5.41, 5.74) is 4.03. The Balaban J connectivity index is 2.78. The number of carbonyl (C=O) groups is 2. The fraction of sp³-hybridized carbons (Fsp3) is 0.357. The molecule has 1 unspecified atom stereocenters. The third-order valence-electron chi connectivity index (χ3n) is 2.42. The molecule has 1 amide bonds. The highest BCUT2D eigenvalue weighted by atomic mass is 16.5. The lowest BCUT2D eigenvalue weighted by Crippen LogP contribution is -2.46. The van der Waals surface area contributed by atoms with Gasteiger partial charge in [0, 0.05) is 6.92 Å². The Hall–Kier alpha value is -2.37. The highest BCUT2D eigenvalue weighted by Crippen LogP contribution is 2.05. The number of hydrogen-bond acceptors (Lipinski definition) is 5. The van der Waals surface area contributed by atoms with Crippen LogP contribution >= 0.6 is 0 Å². The van der Waals surface area contributed by atoms with Gasteiger partial charge in [-0.2, -0.15) is 5.10 Å². The van der Waals surface area contributed by atoms with Crippen LogP contribution in [0.4, 0.5) is 5.69 Å². The number of hydrazone groups is 1. The van der Waals surface area contributed by atoms with Crippen molar-refractivity contribution < 1.29 is 14.3 Å². The lowest BCUT2D eigenvalue weighted by atomic mass is 10.2. The van der Waals surface area contributed by atoms with Crippen molar-refractivity contribution in [1.82, 2.24) is 5.32 Å². The molecule has 0 bridgehead atoms. The van der Waals surface area contributed by atoms with E-state index in [4.69, 9.17) is 4.74 Å². The van der Waals surface area contributed by atoms with Crippen molar-refractivity contribution in [3.63, 3.8) is 0 Å². The summed E-state index contributed by atoms with van der Waals surface area (Å²) in [6.45, 7) is 4.93. The van der Waals surface area contributed by atoms with E-state index >= 15 is 0 Å². The van der Waals surface area contributed by atoms with Gasteiger partial charge >= 0.3 is 5.97 Å². The maximum Gasteiger partial charge on any atom is 0.334 e. The molecular formula is C14H19N3O3. The number of amides is 1. The Bertz CT molecular complexity index is 486. The van der Waals surface area contributed by atoms with E-state index in [1.165, 1.54) is 6.92 Å². The molecule has 0 heterocycles. The topological polar surface area (TPSA) is 79.8 Å². The minimum Gasteiger partial charge on any atom is -0.464 e. The van der Waals surface area contributed by atoms with Crippen molar-refractivity contribution in [3.8, 4) is 0 Å². The lowest BCUT2D eigenvalue weighted by Gasteiger charge is -2.16. The predicted octanol–water partition coefficient (Wildman–Crippen LogP) is 1.54. The molecule has 6 nitrogen and oxygen atoms in total. The summed E-state index contributed by atoms with van der Waals surface area (Å²) < 4.78 is 4.92. The summed E-state index contributed by atoms with van der Waals surface area (Å²) in [5, 5.41) is 6.62. The van der Waals surface area contributed by atoms with E-state index in [1.54, 1.807) is 13.8 Å². The molecule has 0 aliphatic rings. The van der Waals surface area contributed by atoms with Crippen molar-refractivity contribution >= 4 is 23.3 Å². The van der Waals surface area contributed by atoms with Crippen LogP contribution in [0.3, 0.4) is 0 Å². The third-order valence-corrected chi connectivity index (χ3v) is 2.42. The second-order valence-electron chi connectivity index (χ2n) is 4.12. The predicted molar refractivity (Wildman–Crippen MR) is 77.4 cm³/mol. The average molecular weight is 277 g/mol. The maximum atomic E-state index is 11.8. The highest BCUT2D eigenvalue weighted by Gasteiger charge is 2.23. The van der Waals surface area contributed by atoms with Crippen molar-refractivity contribution in [2.75, 3.05) is 12.0 Å². The van der Waals surface area contributed by atoms with Crippen LogP contribution in [0.15, 0.2) is 35.4 Å². The molecule has 0 aromatic heterocycles. The van der Waals surface area contributed by atoms with Crippen LogP contribution in [0.1, 0.15) is 20.8 Å². The number of para-hydroxylation sites is 1. The van der Waals surface area contributed by atoms with Gasteiger partial charge in [0.25, 0.3) is 0 Å². The van der Waals surface area contributed by atoms with Crippen LogP contribution in [0.25, 0.3) is 0 Å². The van der Waals surface area contributed by atoms with Crippen molar-refractivity contribution in [2.45, 2.75) is 26.8 Å². The highest BCUT2D eigenvalue weighted by molar-refractivity contribution is 6.07. The van der Waals surface area contributed by atoms with E-state index < -0.39 is 12.0 Å². The fourth-order valence-electron chi connectivity index (χ4n) is 1.49. The Kier molecular flexibility index (Phi) is 6.22. The van der Waals surface area contributed by atoms with E-state index in [1.807, 2.05) is 30.3 Å². The molecule has 2 N–H and O–H groups in total. The molecule has 0 saturated heterocycles. The number of rotatable bonds is 6. The third kappa shape index (κ3) is 5.09. The Morgan fingerprint density at radius 1 is 1.25 bits per heavy atom. The standard InChI is InChI=1S/C14H19N3O3/c1-4-20-14(19)13(15-11(3)18)10(2)16-17-12-8-6-5-7-9-12/h5-9,13,17H,4H2,1-3H3,(H,15,18). The number of carbonyl (C=O) groups excluding carboxylic acids is 2. The molecule has 1 aromatic rings. The van der Waals surface area contributed by atoms with Gasteiger partial charge in [-0.1, -0.05) is 18.2 Å². The molecule has 0 radical (unpaired) electrons. The molecule has 1 atom stereocenters. The van der Waals surface area contributed by atoms with Crippen LogP contribution in [0, 0.1) is 0 Å². The first-order valence-electron chi connectivity index (χ1n) is 6.33. The fourth-order valence-corrected chi connectivity index (χ4v) is 1.49. The first kappa shape index (κ1) is 15.7. The summed E-state index contributed by atoms with van der Waals surface area (Å²) in [5.74, 6) is -0.851. The summed E-state index contributed by atoms with van der Waals surface area (Å²) in [6, 6.07) is 8.42. The number of esters is 1. The van der Waals surface area contributed by atoms with Gasteiger partial charge < -0.3 is 10.1 Å². The largest absolute Gasteiger partial charge is 0.464 e. The van der Waals surface area contributed by atoms with E-state index in [9.17, 15) is 9.59 Å². The monoisotopic (exact) mass is 277 g/mol. The van der Waals surface area contributed by atoms with Gasteiger partial charge in [-0.3, -0.25) is 10.2 Å². The second kappa shape index (κ2) is 7.93. The molecule has 0 fully saturated rings. The van der Waals surface area contributed by atoms with E-state index in [0.29, 0.717) is 5.71 Å². The molecule has 1 rings (SSSR count).